The summed E-state index contributed by atoms with van der Waals surface area (Å²) in [6.45, 7) is 5.71. The summed E-state index contributed by atoms with van der Waals surface area (Å²) in [5, 5.41) is 13.7. The third-order valence-corrected chi connectivity index (χ3v) is 4.38. The Balaban J connectivity index is 2.42. The van der Waals surface area contributed by atoms with Crippen molar-refractivity contribution in [3.05, 3.63) is 32.9 Å². The normalized spacial score (nSPS) is 12.2. The first kappa shape index (κ1) is 14.4. The number of nitrogens with one attached hydrogen (secondary N) is 1. The predicted molar refractivity (Wildman–Crippen MR) is 74.7 cm³/mol. The van der Waals surface area contributed by atoms with Crippen molar-refractivity contribution in [1.82, 2.24) is 5.32 Å². The molecule has 1 aromatic heterocycles. The highest BCUT2D eigenvalue weighted by atomic mass is 79.9. The van der Waals surface area contributed by atoms with Gasteiger partial charge in [-0.1, -0.05) is 19.9 Å². The first-order chi connectivity index (χ1) is 7.92. The molecule has 0 radical (unpaired) electrons. The molecule has 3 nitrogen and oxygen atoms in total. The fraction of sp³-hybridized carbons (Fsp3) is 0.417. The molecule has 0 aromatic carbocycles. The molecule has 0 aliphatic heterocycles. The molecule has 2 N–H and O–H groups in total. The quantitative estimate of drug-likeness (QED) is 0.626. The van der Waals surface area contributed by atoms with Gasteiger partial charge >= 0.3 is 5.97 Å². The van der Waals surface area contributed by atoms with Crippen molar-refractivity contribution in [2.45, 2.75) is 19.3 Å². The Hall–Kier alpha value is -0.650. The average Bonchev–Trinajstić information content (AvgIpc) is 2.64. The van der Waals surface area contributed by atoms with Crippen LogP contribution in [0, 0.1) is 0 Å². The zero-order valence-electron chi connectivity index (χ0n) is 9.87. The van der Waals surface area contributed by atoms with Crippen LogP contribution in [-0.2, 0) is 10.2 Å². The van der Waals surface area contributed by atoms with Gasteiger partial charge in [-0.15, -0.1) is 11.3 Å². The van der Waals surface area contributed by atoms with Crippen LogP contribution in [0.3, 0.4) is 0 Å². The number of halogens is 1. The summed E-state index contributed by atoms with van der Waals surface area (Å²) in [4.78, 5) is 11.6. The Bertz CT molecular complexity index is 412. The molecule has 1 rings (SSSR count). The fourth-order valence-corrected chi connectivity index (χ4v) is 2.94. The zero-order chi connectivity index (χ0) is 12.9. The number of carboxylic acid groups (broad SMARTS) is 1. The van der Waals surface area contributed by atoms with Gasteiger partial charge in [0.05, 0.1) is 0 Å². The van der Waals surface area contributed by atoms with Crippen molar-refractivity contribution in [2.75, 3.05) is 13.1 Å². The van der Waals surface area contributed by atoms with E-state index in [2.05, 4.69) is 46.5 Å². The first-order valence-electron chi connectivity index (χ1n) is 5.26. The van der Waals surface area contributed by atoms with E-state index in [9.17, 15) is 4.79 Å². The van der Waals surface area contributed by atoms with E-state index in [-0.39, 0.29) is 5.41 Å². The fourth-order valence-electron chi connectivity index (χ4n) is 1.38. The van der Waals surface area contributed by atoms with Crippen LogP contribution in [0.1, 0.15) is 18.7 Å². The number of aliphatic carboxylic acids is 1. The van der Waals surface area contributed by atoms with Gasteiger partial charge in [-0.25, -0.2) is 4.79 Å². The third-order valence-electron chi connectivity index (χ3n) is 2.32. The highest BCUT2D eigenvalue weighted by molar-refractivity contribution is 9.10. The van der Waals surface area contributed by atoms with Crippen LogP contribution in [-0.4, -0.2) is 24.2 Å². The molecule has 0 atom stereocenters. The molecule has 0 spiro atoms. The van der Waals surface area contributed by atoms with Crippen molar-refractivity contribution in [2.24, 2.45) is 0 Å². The van der Waals surface area contributed by atoms with E-state index in [1.54, 1.807) is 17.4 Å². The minimum absolute atomic E-state index is 0.0494. The van der Waals surface area contributed by atoms with E-state index in [1.807, 2.05) is 0 Å². The van der Waals surface area contributed by atoms with Crippen LogP contribution >= 0.6 is 27.3 Å². The maximum Gasteiger partial charge on any atom is 0.328 e. The number of carbonyl (C=O) groups is 1. The smallest absolute Gasteiger partial charge is 0.328 e. The Morgan fingerprint density at radius 2 is 2.35 bits per heavy atom. The average molecular weight is 318 g/mol. The molecular weight excluding hydrogens is 302 g/mol. The van der Waals surface area contributed by atoms with Gasteiger partial charge in [0.25, 0.3) is 0 Å². The molecule has 0 saturated heterocycles. The molecule has 0 amide bonds. The predicted octanol–water partition coefficient (Wildman–Crippen LogP) is 3.02. The molecule has 1 aromatic rings. The molecule has 5 heteroatoms. The van der Waals surface area contributed by atoms with Crippen molar-refractivity contribution in [3.8, 4) is 0 Å². The van der Waals surface area contributed by atoms with Crippen LogP contribution in [0.15, 0.2) is 28.1 Å². The summed E-state index contributed by atoms with van der Waals surface area (Å²) in [5.74, 6) is -0.909. The Morgan fingerprint density at radius 1 is 1.65 bits per heavy atom. The van der Waals surface area contributed by atoms with Crippen LogP contribution in [0.25, 0.3) is 0 Å². The third kappa shape index (κ3) is 5.02. The maximum absolute atomic E-state index is 10.3. The Morgan fingerprint density at radius 3 is 2.88 bits per heavy atom. The second-order valence-electron chi connectivity index (χ2n) is 4.38. The highest BCUT2D eigenvalue weighted by Gasteiger charge is 2.21. The number of hydrogen-bond acceptors (Lipinski definition) is 3. The van der Waals surface area contributed by atoms with E-state index in [4.69, 9.17) is 5.11 Å². The summed E-state index contributed by atoms with van der Waals surface area (Å²) in [6, 6.07) is 2.12. The Kier molecular flexibility index (Phi) is 5.36. The van der Waals surface area contributed by atoms with Gasteiger partial charge in [-0.2, -0.15) is 0 Å². The van der Waals surface area contributed by atoms with Crippen molar-refractivity contribution in [3.63, 3.8) is 0 Å². The lowest BCUT2D eigenvalue weighted by Crippen LogP contribution is -2.32. The van der Waals surface area contributed by atoms with Gasteiger partial charge in [0.1, 0.15) is 0 Å². The topological polar surface area (TPSA) is 49.3 Å². The lowest BCUT2D eigenvalue weighted by atomic mass is 9.91. The molecule has 0 saturated carbocycles. The van der Waals surface area contributed by atoms with E-state index < -0.39 is 5.97 Å². The van der Waals surface area contributed by atoms with E-state index >= 15 is 0 Å². The van der Waals surface area contributed by atoms with Crippen molar-refractivity contribution < 1.29 is 9.90 Å². The minimum atomic E-state index is -0.909. The van der Waals surface area contributed by atoms with Gasteiger partial charge in [0.2, 0.25) is 0 Å². The van der Waals surface area contributed by atoms with Crippen LogP contribution in [0.2, 0.25) is 0 Å². The van der Waals surface area contributed by atoms with E-state index in [1.165, 1.54) is 4.88 Å². The number of rotatable bonds is 6. The Labute approximate surface area is 114 Å². The maximum atomic E-state index is 10.3. The minimum Gasteiger partial charge on any atom is -0.478 e. The molecule has 1 heterocycles. The molecule has 94 valence electrons. The number of carboxylic acids is 1. The first-order valence-corrected chi connectivity index (χ1v) is 6.94. The SMILES string of the molecule is CC(C)(CNC/C=C/C(=O)O)c1cc(Br)cs1. The summed E-state index contributed by atoms with van der Waals surface area (Å²) in [5.41, 5.74) is 0.0494. The zero-order valence-corrected chi connectivity index (χ0v) is 12.3. The summed E-state index contributed by atoms with van der Waals surface area (Å²) in [7, 11) is 0. The van der Waals surface area contributed by atoms with E-state index in [0.717, 1.165) is 17.1 Å². The van der Waals surface area contributed by atoms with Gasteiger partial charge in [0.15, 0.2) is 0 Å². The van der Waals surface area contributed by atoms with Gasteiger partial charge in [-0.05, 0) is 22.0 Å². The van der Waals surface area contributed by atoms with Crippen molar-refractivity contribution in [1.29, 1.82) is 0 Å². The van der Waals surface area contributed by atoms with Crippen molar-refractivity contribution >= 4 is 33.2 Å². The van der Waals surface area contributed by atoms with Gasteiger partial charge in [0, 0.05) is 39.3 Å². The molecule has 0 unspecified atom stereocenters. The second-order valence-corrected chi connectivity index (χ2v) is 6.21. The monoisotopic (exact) mass is 317 g/mol. The molecule has 17 heavy (non-hydrogen) atoms. The summed E-state index contributed by atoms with van der Waals surface area (Å²) in [6.07, 6.45) is 2.77. The molecule has 0 aliphatic rings. The summed E-state index contributed by atoms with van der Waals surface area (Å²) >= 11 is 5.17. The number of hydrogen-bond donors (Lipinski definition) is 2. The molecule has 0 aliphatic carbocycles. The molecule has 0 bridgehead atoms. The van der Waals surface area contributed by atoms with Gasteiger partial charge < -0.3 is 10.4 Å². The van der Waals surface area contributed by atoms with Crippen LogP contribution < -0.4 is 5.32 Å². The standard InChI is InChI=1S/C12H16BrNO2S/c1-12(2,10-6-9(13)7-17-10)8-14-5-3-4-11(15)16/h3-4,6-7,14H,5,8H2,1-2H3,(H,15,16)/b4-3+. The van der Waals surface area contributed by atoms with Gasteiger partial charge in [-0.3, -0.25) is 0 Å². The molecule has 0 fully saturated rings. The lowest BCUT2D eigenvalue weighted by molar-refractivity contribution is -0.131. The van der Waals surface area contributed by atoms with Crippen LogP contribution in [0.4, 0.5) is 0 Å². The van der Waals surface area contributed by atoms with E-state index in [0.29, 0.717) is 6.54 Å². The second kappa shape index (κ2) is 6.33. The highest BCUT2D eigenvalue weighted by Crippen LogP contribution is 2.30. The summed E-state index contributed by atoms with van der Waals surface area (Å²) < 4.78 is 1.11. The lowest BCUT2D eigenvalue weighted by Gasteiger charge is -2.23. The molecular formula is C12H16BrNO2S. The van der Waals surface area contributed by atoms with Crippen LogP contribution in [0.5, 0.6) is 0 Å². The largest absolute Gasteiger partial charge is 0.478 e. The number of thiophene rings is 1.